The van der Waals surface area contributed by atoms with Crippen LogP contribution in [0.2, 0.25) is 0 Å². The molecule has 0 saturated heterocycles. The van der Waals surface area contributed by atoms with Crippen molar-refractivity contribution in [1.82, 2.24) is 4.90 Å². The number of benzene rings is 2. The van der Waals surface area contributed by atoms with Crippen LogP contribution < -0.4 is 4.74 Å². The van der Waals surface area contributed by atoms with Crippen LogP contribution in [0.3, 0.4) is 0 Å². The summed E-state index contributed by atoms with van der Waals surface area (Å²) >= 11 is 0. The maximum atomic E-state index is 5.37. The van der Waals surface area contributed by atoms with Gasteiger partial charge in [-0.05, 0) is 62.6 Å². The molecule has 0 fully saturated rings. The molecule has 2 heteroatoms. The van der Waals surface area contributed by atoms with Crippen molar-refractivity contribution in [2.45, 2.75) is 46.2 Å². The molecule has 0 radical (unpaired) electrons. The van der Waals surface area contributed by atoms with Gasteiger partial charge in [0.2, 0.25) is 0 Å². The Morgan fingerprint density at radius 3 is 2.33 bits per heavy atom. The summed E-state index contributed by atoms with van der Waals surface area (Å²) in [6.45, 7) is 10.2. The number of methoxy groups -OCH3 is 1. The van der Waals surface area contributed by atoms with Gasteiger partial charge in [-0.3, -0.25) is 4.90 Å². The Morgan fingerprint density at radius 2 is 1.71 bits per heavy atom. The van der Waals surface area contributed by atoms with E-state index in [9.17, 15) is 0 Å². The average Bonchev–Trinajstić information content (AvgIpc) is 2.46. The van der Waals surface area contributed by atoms with Gasteiger partial charge in [0.1, 0.15) is 5.75 Å². The van der Waals surface area contributed by atoms with Crippen molar-refractivity contribution >= 4 is 10.8 Å². The van der Waals surface area contributed by atoms with Crippen molar-refractivity contribution in [2.75, 3.05) is 13.7 Å². The van der Waals surface area contributed by atoms with Crippen LogP contribution in [0.15, 0.2) is 36.4 Å². The van der Waals surface area contributed by atoms with Gasteiger partial charge >= 0.3 is 0 Å². The molecule has 0 spiro atoms. The van der Waals surface area contributed by atoms with Gasteiger partial charge in [0.25, 0.3) is 0 Å². The summed E-state index contributed by atoms with van der Waals surface area (Å²) in [6.07, 6.45) is 1.07. The minimum atomic E-state index is 0.578. The van der Waals surface area contributed by atoms with E-state index in [4.69, 9.17) is 4.74 Å². The minimum absolute atomic E-state index is 0.578. The maximum Gasteiger partial charge on any atom is 0.119 e. The van der Waals surface area contributed by atoms with E-state index in [-0.39, 0.29) is 0 Å². The summed E-state index contributed by atoms with van der Waals surface area (Å²) < 4.78 is 5.37. The van der Waals surface area contributed by atoms with Crippen LogP contribution in [-0.4, -0.2) is 30.6 Å². The van der Waals surface area contributed by atoms with Gasteiger partial charge in [0.05, 0.1) is 7.11 Å². The zero-order chi connectivity index (χ0) is 15.4. The van der Waals surface area contributed by atoms with Crippen molar-refractivity contribution in [3.63, 3.8) is 0 Å². The van der Waals surface area contributed by atoms with E-state index < -0.39 is 0 Å². The Kier molecular flexibility index (Phi) is 5.24. The van der Waals surface area contributed by atoms with Gasteiger partial charge in [0, 0.05) is 18.6 Å². The molecule has 0 aliphatic rings. The second-order valence-electron chi connectivity index (χ2n) is 6.18. The Balaban J connectivity index is 2.25. The molecule has 21 heavy (non-hydrogen) atoms. The zero-order valence-corrected chi connectivity index (χ0v) is 13.9. The normalized spacial score (nSPS) is 11.8. The third-order valence-corrected chi connectivity index (χ3v) is 4.15. The van der Waals surface area contributed by atoms with Crippen LogP contribution in [0, 0.1) is 0 Å². The first kappa shape index (κ1) is 15.8. The molecule has 0 unspecified atom stereocenters. The first-order valence-corrected chi connectivity index (χ1v) is 7.84. The van der Waals surface area contributed by atoms with Crippen LogP contribution in [0.4, 0.5) is 0 Å². The minimum Gasteiger partial charge on any atom is -0.497 e. The monoisotopic (exact) mass is 285 g/mol. The lowest BCUT2D eigenvalue weighted by Crippen LogP contribution is -2.38. The Hall–Kier alpha value is -1.54. The molecule has 2 aromatic rings. The topological polar surface area (TPSA) is 12.5 Å². The fourth-order valence-electron chi connectivity index (χ4n) is 3.02. The molecular weight excluding hydrogens is 258 g/mol. The van der Waals surface area contributed by atoms with Crippen LogP contribution in [0.1, 0.15) is 33.3 Å². The standard InChI is InChI=1S/C19H27NO/c1-14(2)20(15(3)4)12-11-17-8-6-7-16-9-10-18(21-5)13-19(16)17/h6-10,13-15H,11-12H2,1-5H3. The average molecular weight is 285 g/mol. The first-order valence-electron chi connectivity index (χ1n) is 7.84. The Bertz CT molecular complexity index is 581. The summed E-state index contributed by atoms with van der Waals surface area (Å²) in [5.41, 5.74) is 1.40. The third-order valence-electron chi connectivity index (χ3n) is 4.15. The lowest BCUT2D eigenvalue weighted by Gasteiger charge is -2.30. The van der Waals surface area contributed by atoms with E-state index in [2.05, 4.69) is 62.9 Å². The van der Waals surface area contributed by atoms with E-state index >= 15 is 0 Å². The van der Waals surface area contributed by atoms with Gasteiger partial charge in [-0.1, -0.05) is 24.3 Å². The highest BCUT2D eigenvalue weighted by Gasteiger charge is 2.13. The SMILES string of the molecule is COc1ccc2cccc(CCN(C(C)C)C(C)C)c2c1. The lowest BCUT2D eigenvalue weighted by molar-refractivity contribution is 0.177. The quantitative estimate of drug-likeness (QED) is 0.774. The number of nitrogens with zero attached hydrogens (tertiary/aromatic N) is 1. The molecule has 0 bridgehead atoms. The van der Waals surface area contributed by atoms with Crippen molar-refractivity contribution in [3.05, 3.63) is 42.0 Å². The van der Waals surface area contributed by atoms with Crippen molar-refractivity contribution in [1.29, 1.82) is 0 Å². The number of hydrogen-bond acceptors (Lipinski definition) is 2. The van der Waals surface area contributed by atoms with Crippen molar-refractivity contribution in [3.8, 4) is 5.75 Å². The van der Waals surface area contributed by atoms with Crippen molar-refractivity contribution < 1.29 is 4.74 Å². The highest BCUT2D eigenvalue weighted by Crippen LogP contribution is 2.24. The van der Waals surface area contributed by atoms with E-state index in [1.165, 1.54) is 16.3 Å². The third kappa shape index (κ3) is 3.76. The number of rotatable bonds is 6. The van der Waals surface area contributed by atoms with Gasteiger partial charge in [-0.2, -0.15) is 0 Å². The summed E-state index contributed by atoms with van der Waals surface area (Å²) in [6, 6.07) is 14.0. The molecule has 0 heterocycles. The molecule has 2 rings (SSSR count). The molecule has 114 valence electrons. The molecule has 0 amide bonds. The molecule has 0 atom stereocenters. The second-order valence-corrected chi connectivity index (χ2v) is 6.18. The van der Waals surface area contributed by atoms with Gasteiger partial charge in [-0.15, -0.1) is 0 Å². The number of fused-ring (bicyclic) bond motifs is 1. The molecule has 2 aromatic carbocycles. The lowest BCUT2D eigenvalue weighted by atomic mass is 10.0. The maximum absolute atomic E-state index is 5.37. The molecule has 0 N–H and O–H groups in total. The summed E-state index contributed by atoms with van der Waals surface area (Å²) in [5, 5.41) is 2.60. The van der Waals surface area contributed by atoms with Crippen LogP contribution in [0.5, 0.6) is 5.75 Å². The zero-order valence-electron chi connectivity index (χ0n) is 13.9. The van der Waals surface area contributed by atoms with Gasteiger partial charge < -0.3 is 4.74 Å². The fraction of sp³-hybridized carbons (Fsp3) is 0.474. The second kappa shape index (κ2) is 6.95. The predicted molar refractivity (Wildman–Crippen MR) is 91.2 cm³/mol. The van der Waals surface area contributed by atoms with Crippen molar-refractivity contribution in [2.24, 2.45) is 0 Å². The van der Waals surface area contributed by atoms with Gasteiger partial charge in [0.15, 0.2) is 0 Å². The van der Waals surface area contributed by atoms with Crippen LogP contribution >= 0.6 is 0 Å². The molecule has 0 saturated carbocycles. The molecule has 0 aliphatic carbocycles. The van der Waals surface area contributed by atoms with E-state index in [1.54, 1.807) is 7.11 Å². The summed E-state index contributed by atoms with van der Waals surface area (Å²) in [5.74, 6) is 0.930. The van der Waals surface area contributed by atoms with Gasteiger partial charge in [-0.25, -0.2) is 0 Å². The van der Waals surface area contributed by atoms with E-state index in [0.717, 1.165) is 18.7 Å². The Morgan fingerprint density at radius 1 is 1.00 bits per heavy atom. The molecule has 0 aromatic heterocycles. The molecule has 0 aliphatic heterocycles. The first-order chi connectivity index (χ1) is 10.0. The smallest absolute Gasteiger partial charge is 0.119 e. The van der Waals surface area contributed by atoms with Crippen LogP contribution in [0.25, 0.3) is 10.8 Å². The predicted octanol–water partition coefficient (Wildman–Crippen LogP) is 4.51. The Labute approximate surface area is 128 Å². The highest BCUT2D eigenvalue weighted by atomic mass is 16.5. The largest absolute Gasteiger partial charge is 0.497 e. The van der Waals surface area contributed by atoms with Crippen LogP contribution in [-0.2, 0) is 6.42 Å². The molecule has 2 nitrogen and oxygen atoms in total. The molecular formula is C19H27NO. The summed E-state index contributed by atoms with van der Waals surface area (Å²) in [7, 11) is 1.73. The van der Waals surface area contributed by atoms with E-state index in [1.807, 2.05) is 6.07 Å². The summed E-state index contributed by atoms with van der Waals surface area (Å²) in [4.78, 5) is 2.54. The number of hydrogen-bond donors (Lipinski definition) is 0. The fourth-order valence-corrected chi connectivity index (χ4v) is 3.02. The highest BCUT2D eigenvalue weighted by molar-refractivity contribution is 5.87. The number of ether oxygens (including phenoxy) is 1. The van der Waals surface area contributed by atoms with E-state index in [0.29, 0.717) is 12.1 Å².